The molecule has 0 amide bonds. The number of pyridine rings is 1. The van der Waals surface area contributed by atoms with E-state index in [2.05, 4.69) is 51.7 Å². The van der Waals surface area contributed by atoms with E-state index in [1.54, 1.807) is 18.5 Å². The standard InChI is InChI=1S/C13H14BrN3O/c1-13(2,3)12-16-10(14)7-11(17-12)18-9-5-4-6-15-8-9/h4-8H,1-3H3. The van der Waals surface area contributed by atoms with Crippen LogP contribution in [-0.2, 0) is 5.41 Å². The van der Waals surface area contributed by atoms with Crippen LogP contribution in [0.15, 0.2) is 35.2 Å². The first-order chi connectivity index (χ1) is 8.45. The van der Waals surface area contributed by atoms with Crippen molar-refractivity contribution in [1.82, 2.24) is 15.0 Å². The van der Waals surface area contributed by atoms with Crippen LogP contribution in [0.5, 0.6) is 11.6 Å². The van der Waals surface area contributed by atoms with Crippen LogP contribution in [0.4, 0.5) is 0 Å². The molecule has 0 unspecified atom stereocenters. The molecule has 0 saturated heterocycles. The van der Waals surface area contributed by atoms with E-state index in [4.69, 9.17) is 4.74 Å². The van der Waals surface area contributed by atoms with E-state index in [9.17, 15) is 0 Å². The first-order valence-corrected chi connectivity index (χ1v) is 6.37. The molecule has 4 nitrogen and oxygen atoms in total. The summed E-state index contributed by atoms with van der Waals surface area (Å²) in [5, 5.41) is 0. The summed E-state index contributed by atoms with van der Waals surface area (Å²) in [6, 6.07) is 5.39. The molecule has 0 spiro atoms. The molecule has 2 heterocycles. The number of hydrogen-bond acceptors (Lipinski definition) is 4. The molecule has 0 saturated carbocycles. The predicted octanol–water partition coefficient (Wildman–Crippen LogP) is 3.72. The van der Waals surface area contributed by atoms with Gasteiger partial charge in [0.25, 0.3) is 0 Å². The third kappa shape index (κ3) is 3.26. The van der Waals surface area contributed by atoms with E-state index < -0.39 is 0 Å². The van der Waals surface area contributed by atoms with Crippen molar-refractivity contribution in [1.29, 1.82) is 0 Å². The fraction of sp³-hybridized carbons (Fsp3) is 0.308. The Morgan fingerprint density at radius 3 is 2.61 bits per heavy atom. The molecule has 2 aromatic rings. The van der Waals surface area contributed by atoms with Gasteiger partial charge in [-0.2, -0.15) is 4.98 Å². The van der Waals surface area contributed by atoms with Gasteiger partial charge in [0.05, 0.1) is 6.20 Å². The average molecular weight is 308 g/mol. The Morgan fingerprint density at radius 2 is 2.00 bits per heavy atom. The van der Waals surface area contributed by atoms with Gasteiger partial charge in [-0.1, -0.05) is 20.8 Å². The molecule has 18 heavy (non-hydrogen) atoms. The van der Waals surface area contributed by atoms with Crippen LogP contribution in [0.2, 0.25) is 0 Å². The number of hydrogen-bond donors (Lipinski definition) is 0. The quantitative estimate of drug-likeness (QED) is 0.793. The lowest BCUT2D eigenvalue weighted by atomic mass is 9.96. The van der Waals surface area contributed by atoms with Crippen LogP contribution in [0.1, 0.15) is 26.6 Å². The van der Waals surface area contributed by atoms with E-state index in [1.807, 2.05) is 12.1 Å². The predicted molar refractivity (Wildman–Crippen MR) is 72.7 cm³/mol. The SMILES string of the molecule is CC(C)(C)c1nc(Br)cc(Oc2cccnc2)n1. The van der Waals surface area contributed by atoms with Gasteiger partial charge in [0, 0.05) is 17.7 Å². The van der Waals surface area contributed by atoms with E-state index in [0.717, 1.165) is 5.82 Å². The average Bonchev–Trinajstić information content (AvgIpc) is 2.28. The van der Waals surface area contributed by atoms with Gasteiger partial charge in [-0.25, -0.2) is 4.98 Å². The molecule has 94 valence electrons. The number of nitrogens with zero attached hydrogens (tertiary/aromatic N) is 3. The van der Waals surface area contributed by atoms with Crippen molar-refractivity contribution in [3.05, 3.63) is 41.0 Å². The van der Waals surface area contributed by atoms with Gasteiger partial charge >= 0.3 is 0 Å². The fourth-order valence-corrected chi connectivity index (χ4v) is 1.68. The zero-order valence-corrected chi connectivity index (χ0v) is 12.1. The van der Waals surface area contributed by atoms with Crippen molar-refractivity contribution < 1.29 is 4.74 Å². The van der Waals surface area contributed by atoms with Gasteiger partial charge in [0.15, 0.2) is 0 Å². The van der Waals surface area contributed by atoms with Crippen LogP contribution in [0.25, 0.3) is 0 Å². The molecular weight excluding hydrogens is 294 g/mol. The molecule has 0 aliphatic rings. The third-order valence-electron chi connectivity index (χ3n) is 2.20. The Kier molecular flexibility index (Phi) is 3.61. The highest BCUT2D eigenvalue weighted by atomic mass is 79.9. The molecule has 0 aromatic carbocycles. The van der Waals surface area contributed by atoms with Crippen molar-refractivity contribution in [2.24, 2.45) is 0 Å². The van der Waals surface area contributed by atoms with Gasteiger partial charge < -0.3 is 4.74 Å². The van der Waals surface area contributed by atoms with Gasteiger partial charge in [-0.15, -0.1) is 0 Å². The second kappa shape index (κ2) is 5.02. The Hall–Kier alpha value is -1.49. The number of aromatic nitrogens is 3. The van der Waals surface area contributed by atoms with Gasteiger partial charge in [-0.3, -0.25) is 4.98 Å². The Balaban J connectivity index is 2.32. The van der Waals surface area contributed by atoms with Gasteiger partial charge in [-0.05, 0) is 28.1 Å². The summed E-state index contributed by atoms with van der Waals surface area (Å²) in [5.74, 6) is 1.90. The highest BCUT2D eigenvalue weighted by Gasteiger charge is 2.19. The molecule has 0 radical (unpaired) electrons. The van der Waals surface area contributed by atoms with Crippen LogP contribution in [0, 0.1) is 0 Å². The summed E-state index contributed by atoms with van der Waals surface area (Å²) in [5.41, 5.74) is -0.128. The molecule has 2 aromatic heterocycles. The van der Waals surface area contributed by atoms with Crippen LogP contribution < -0.4 is 4.74 Å². The normalized spacial score (nSPS) is 11.3. The number of ether oxygens (including phenoxy) is 1. The van der Waals surface area contributed by atoms with E-state index in [0.29, 0.717) is 16.2 Å². The second-order valence-corrected chi connectivity index (χ2v) is 5.71. The maximum Gasteiger partial charge on any atom is 0.223 e. The van der Waals surface area contributed by atoms with Crippen LogP contribution >= 0.6 is 15.9 Å². The van der Waals surface area contributed by atoms with Crippen LogP contribution in [0.3, 0.4) is 0 Å². The largest absolute Gasteiger partial charge is 0.437 e. The van der Waals surface area contributed by atoms with E-state index in [-0.39, 0.29) is 5.41 Å². The minimum absolute atomic E-state index is 0.128. The molecule has 0 atom stereocenters. The van der Waals surface area contributed by atoms with Crippen molar-refractivity contribution in [2.45, 2.75) is 26.2 Å². The second-order valence-electron chi connectivity index (χ2n) is 4.89. The third-order valence-corrected chi connectivity index (χ3v) is 2.61. The number of rotatable bonds is 2. The van der Waals surface area contributed by atoms with Gasteiger partial charge in [0.1, 0.15) is 16.2 Å². The first kappa shape index (κ1) is 13.0. The summed E-state index contributed by atoms with van der Waals surface area (Å²) in [6.07, 6.45) is 3.34. The Bertz CT molecular complexity index is 538. The smallest absolute Gasteiger partial charge is 0.223 e. The zero-order chi connectivity index (χ0) is 13.2. The minimum atomic E-state index is -0.128. The Morgan fingerprint density at radius 1 is 1.22 bits per heavy atom. The zero-order valence-electron chi connectivity index (χ0n) is 10.5. The maximum absolute atomic E-state index is 5.65. The molecule has 5 heteroatoms. The van der Waals surface area contributed by atoms with Gasteiger partial charge in [0.2, 0.25) is 5.88 Å². The molecule has 0 fully saturated rings. The lowest BCUT2D eigenvalue weighted by Gasteiger charge is -2.17. The van der Waals surface area contributed by atoms with Crippen molar-refractivity contribution >= 4 is 15.9 Å². The highest BCUT2D eigenvalue weighted by molar-refractivity contribution is 9.10. The maximum atomic E-state index is 5.65. The topological polar surface area (TPSA) is 47.9 Å². The Labute approximate surface area is 115 Å². The first-order valence-electron chi connectivity index (χ1n) is 5.58. The molecule has 0 aliphatic heterocycles. The summed E-state index contributed by atoms with van der Waals surface area (Å²) in [4.78, 5) is 12.8. The molecular formula is C13H14BrN3O. The van der Waals surface area contributed by atoms with E-state index >= 15 is 0 Å². The molecule has 0 N–H and O–H groups in total. The monoisotopic (exact) mass is 307 g/mol. The van der Waals surface area contributed by atoms with Crippen molar-refractivity contribution in [3.63, 3.8) is 0 Å². The van der Waals surface area contributed by atoms with Crippen molar-refractivity contribution in [3.8, 4) is 11.6 Å². The molecule has 2 rings (SSSR count). The highest BCUT2D eigenvalue weighted by Crippen LogP contribution is 2.25. The fourth-order valence-electron chi connectivity index (χ4n) is 1.31. The summed E-state index contributed by atoms with van der Waals surface area (Å²) in [6.45, 7) is 6.17. The lowest BCUT2D eigenvalue weighted by Crippen LogP contribution is -2.16. The molecule has 0 bridgehead atoms. The summed E-state index contributed by atoms with van der Waals surface area (Å²) >= 11 is 3.37. The summed E-state index contributed by atoms with van der Waals surface area (Å²) in [7, 11) is 0. The lowest BCUT2D eigenvalue weighted by molar-refractivity contribution is 0.443. The van der Waals surface area contributed by atoms with E-state index in [1.165, 1.54) is 0 Å². The van der Waals surface area contributed by atoms with Crippen molar-refractivity contribution in [2.75, 3.05) is 0 Å². The molecule has 0 aliphatic carbocycles. The van der Waals surface area contributed by atoms with Crippen LogP contribution in [-0.4, -0.2) is 15.0 Å². The minimum Gasteiger partial charge on any atom is -0.437 e. The number of halogens is 1. The summed E-state index contributed by atoms with van der Waals surface area (Å²) < 4.78 is 6.36.